The summed E-state index contributed by atoms with van der Waals surface area (Å²) in [5, 5.41) is 2.95. The Morgan fingerprint density at radius 2 is 1.92 bits per heavy atom. The molecular weight excluding hydrogens is 302 g/mol. The Balaban J connectivity index is 1.54. The van der Waals surface area contributed by atoms with E-state index in [1.54, 1.807) is 0 Å². The van der Waals surface area contributed by atoms with Gasteiger partial charge in [0.25, 0.3) is 5.91 Å². The first-order valence-electron chi connectivity index (χ1n) is 9.47. The number of carbonyl (C=O) groups is 1. The van der Waals surface area contributed by atoms with Crippen LogP contribution in [0.5, 0.6) is 0 Å². The van der Waals surface area contributed by atoms with E-state index in [2.05, 4.69) is 20.1 Å². The molecule has 1 amide bonds. The predicted octanol–water partition coefficient (Wildman–Crippen LogP) is 1.31. The van der Waals surface area contributed by atoms with E-state index in [1.165, 1.54) is 32.4 Å². The summed E-state index contributed by atoms with van der Waals surface area (Å²) in [6.45, 7) is 5.24. The van der Waals surface area contributed by atoms with Gasteiger partial charge >= 0.3 is 0 Å². The second kappa shape index (κ2) is 5.69. The molecule has 6 nitrogen and oxygen atoms in total. The normalized spacial score (nSPS) is 27.4. The van der Waals surface area contributed by atoms with Gasteiger partial charge in [-0.25, -0.2) is 9.97 Å². The first-order chi connectivity index (χ1) is 11.8. The number of anilines is 1. The lowest BCUT2D eigenvalue weighted by Crippen LogP contribution is -2.39. The number of amides is 1. The number of fused-ring (bicyclic) bond motifs is 2. The van der Waals surface area contributed by atoms with Gasteiger partial charge < -0.3 is 10.2 Å². The molecule has 128 valence electrons. The Bertz CT molecular complexity index is 672. The molecule has 3 aliphatic heterocycles. The zero-order chi connectivity index (χ0) is 16.1. The van der Waals surface area contributed by atoms with Gasteiger partial charge in [-0.3, -0.25) is 9.69 Å². The van der Waals surface area contributed by atoms with Crippen molar-refractivity contribution in [3.8, 4) is 0 Å². The molecular formula is C18H25N5O. The van der Waals surface area contributed by atoms with Crippen LogP contribution >= 0.6 is 0 Å². The Hall–Kier alpha value is -1.69. The molecule has 2 saturated heterocycles. The highest BCUT2D eigenvalue weighted by atomic mass is 16.1. The minimum Gasteiger partial charge on any atom is -0.355 e. The topological polar surface area (TPSA) is 61.4 Å². The molecule has 6 heteroatoms. The summed E-state index contributed by atoms with van der Waals surface area (Å²) in [6, 6.07) is 0.653. The smallest absolute Gasteiger partial charge is 0.270 e. The molecule has 1 aromatic rings. The molecule has 4 aliphatic rings. The van der Waals surface area contributed by atoms with Crippen molar-refractivity contribution in [1.29, 1.82) is 0 Å². The fraction of sp³-hybridized carbons (Fsp3) is 0.722. The fourth-order valence-electron chi connectivity index (χ4n) is 4.48. The number of carbonyl (C=O) groups excluding carboxylic acids is 1. The maximum absolute atomic E-state index is 12.3. The summed E-state index contributed by atoms with van der Waals surface area (Å²) >= 11 is 0. The summed E-state index contributed by atoms with van der Waals surface area (Å²) in [5.74, 6) is 2.41. The predicted molar refractivity (Wildman–Crippen MR) is 91.5 cm³/mol. The van der Waals surface area contributed by atoms with Crippen molar-refractivity contribution in [3.63, 3.8) is 0 Å². The second-order valence-corrected chi connectivity index (χ2v) is 7.64. The van der Waals surface area contributed by atoms with Crippen molar-refractivity contribution >= 4 is 11.7 Å². The van der Waals surface area contributed by atoms with Crippen LogP contribution in [0.3, 0.4) is 0 Å². The lowest BCUT2D eigenvalue weighted by molar-refractivity contribution is 0.0940. The van der Waals surface area contributed by atoms with Crippen LogP contribution in [-0.2, 0) is 6.42 Å². The number of aromatic nitrogens is 2. The van der Waals surface area contributed by atoms with Gasteiger partial charge in [-0.05, 0) is 45.1 Å². The Morgan fingerprint density at radius 1 is 1.04 bits per heavy atom. The Kier molecular flexibility index (Phi) is 3.47. The number of hydrogen-bond donors (Lipinski definition) is 1. The average Bonchev–Trinajstić information content (AvgIpc) is 3.38. The number of hydrogen-bond acceptors (Lipinski definition) is 5. The minimum atomic E-state index is -0.0147. The summed E-state index contributed by atoms with van der Waals surface area (Å²) in [4.78, 5) is 27.1. The van der Waals surface area contributed by atoms with Crippen molar-refractivity contribution in [2.75, 3.05) is 37.6 Å². The molecule has 1 aromatic heterocycles. The van der Waals surface area contributed by atoms with Crippen molar-refractivity contribution in [3.05, 3.63) is 17.1 Å². The monoisotopic (exact) mass is 327 g/mol. The maximum Gasteiger partial charge on any atom is 0.270 e. The molecule has 4 heterocycles. The van der Waals surface area contributed by atoms with Crippen LogP contribution in [0.25, 0.3) is 0 Å². The van der Waals surface area contributed by atoms with E-state index in [4.69, 9.17) is 4.98 Å². The summed E-state index contributed by atoms with van der Waals surface area (Å²) in [6.07, 6.45) is 6.97. The van der Waals surface area contributed by atoms with E-state index < -0.39 is 0 Å². The lowest BCUT2D eigenvalue weighted by atomic mass is 10.0. The van der Waals surface area contributed by atoms with Crippen LogP contribution in [-0.4, -0.2) is 59.5 Å². The van der Waals surface area contributed by atoms with Gasteiger partial charge in [0.05, 0.1) is 0 Å². The Morgan fingerprint density at radius 3 is 2.79 bits per heavy atom. The van der Waals surface area contributed by atoms with Crippen molar-refractivity contribution in [1.82, 2.24) is 20.2 Å². The molecule has 0 unspecified atom stereocenters. The van der Waals surface area contributed by atoms with Crippen LogP contribution in [0.2, 0.25) is 0 Å². The van der Waals surface area contributed by atoms with E-state index in [9.17, 15) is 4.79 Å². The number of nitrogens with one attached hydrogen (secondary N) is 1. The summed E-state index contributed by atoms with van der Waals surface area (Å²) in [7, 11) is 0. The first kappa shape index (κ1) is 14.6. The van der Waals surface area contributed by atoms with E-state index in [0.29, 0.717) is 24.2 Å². The van der Waals surface area contributed by atoms with Gasteiger partial charge in [0.1, 0.15) is 17.3 Å². The highest BCUT2D eigenvalue weighted by Gasteiger charge is 2.35. The molecule has 0 spiro atoms. The van der Waals surface area contributed by atoms with Gasteiger partial charge in [-0.2, -0.15) is 0 Å². The largest absolute Gasteiger partial charge is 0.355 e. The van der Waals surface area contributed by atoms with Crippen LogP contribution < -0.4 is 10.2 Å². The zero-order valence-corrected chi connectivity index (χ0v) is 14.1. The number of nitrogens with zero attached hydrogens (tertiary/aromatic N) is 4. The minimum absolute atomic E-state index is 0.0147. The summed E-state index contributed by atoms with van der Waals surface area (Å²) in [5.41, 5.74) is 1.72. The van der Waals surface area contributed by atoms with E-state index >= 15 is 0 Å². The second-order valence-electron chi connectivity index (χ2n) is 7.64. The number of rotatable bonds is 2. The van der Waals surface area contributed by atoms with Crippen molar-refractivity contribution in [2.24, 2.45) is 0 Å². The molecule has 0 aromatic carbocycles. The molecule has 0 bridgehead atoms. The highest BCUT2D eigenvalue weighted by molar-refractivity contribution is 5.96. The highest BCUT2D eigenvalue weighted by Crippen LogP contribution is 2.40. The molecule has 1 saturated carbocycles. The van der Waals surface area contributed by atoms with E-state index in [0.717, 1.165) is 49.6 Å². The SMILES string of the molecule is O=C1NCCc2c1nc(C1CC1)nc2N1CCCN2CCC[C@H]2C1. The average molecular weight is 327 g/mol. The third kappa shape index (κ3) is 2.48. The van der Waals surface area contributed by atoms with E-state index in [1.807, 2.05) is 0 Å². The molecule has 1 atom stereocenters. The van der Waals surface area contributed by atoms with E-state index in [-0.39, 0.29) is 5.91 Å². The molecule has 1 N–H and O–H groups in total. The first-order valence-corrected chi connectivity index (χ1v) is 9.47. The Labute approximate surface area is 142 Å². The van der Waals surface area contributed by atoms with Gasteiger partial charge in [0.2, 0.25) is 0 Å². The van der Waals surface area contributed by atoms with Crippen molar-refractivity contribution in [2.45, 2.75) is 50.5 Å². The van der Waals surface area contributed by atoms with Crippen LogP contribution in [0.1, 0.15) is 59.9 Å². The van der Waals surface area contributed by atoms with Gasteiger partial charge in [0, 0.05) is 43.7 Å². The zero-order valence-electron chi connectivity index (χ0n) is 14.1. The van der Waals surface area contributed by atoms with Gasteiger partial charge in [-0.1, -0.05) is 0 Å². The third-order valence-corrected chi connectivity index (χ3v) is 5.92. The van der Waals surface area contributed by atoms with Crippen molar-refractivity contribution < 1.29 is 4.79 Å². The van der Waals surface area contributed by atoms with Gasteiger partial charge in [-0.15, -0.1) is 0 Å². The maximum atomic E-state index is 12.3. The van der Waals surface area contributed by atoms with Gasteiger partial charge in [0.15, 0.2) is 0 Å². The molecule has 0 radical (unpaired) electrons. The molecule has 5 rings (SSSR count). The summed E-state index contributed by atoms with van der Waals surface area (Å²) < 4.78 is 0. The lowest BCUT2D eigenvalue weighted by Gasteiger charge is -2.30. The molecule has 24 heavy (non-hydrogen) atoms. The third-order valence-electron chi connectivity index (χ3n) is 5.92. The fourth-order valence-corrected chi connectivity index (χ4v) is 4.48. The quantitative estimate of drug-likeness (QED) is 0.887. The molecule has 1 aliphatic carbocycles. The standard InChI is InChI=1S/C18H25N5O/c24-18-15-14(6-7-19-18)17(21-16(20-15)12-4-5-12)23-10-2-9-22-8-1-3-13(22)11-23/h12-13H,1-11H2,(H,19,24)/t13-/m0/s1. The molecule has 3 fully saturated rings. The van der Waals surface area contributed by atoms with Crippen LogP contribution in [0.4, 0.5) is 5.82 Å². The van der Waals surface area contributed by atoms with Crippen LogP contribution in [0.15, 0.2) is 0 Å². The van der Waals surface area contributed by atoms with Crippen LogP contribution in [0, 0.1) is 0 Å².